The van der Waals surface area contributed by atoms with Crippen molar-refractivity contribution in [2.24, 2.45) is 5.92 Å². The third-order valence-corrected chi connectivity index (χ3v) is 4.56. The van der Waals surface area contributed by atoms with Crippen LogP contribution >= 0.6 is 0 Å². The third-order valence-electron chi connectivity index (χ3n) is 4.56. The molecule has 2 aliphatic carbocycles. The fourth-order valence-corrected chi connectivity index (χ4v) is 3.19. The number of hydrogen-bond acceptors (Lipinski definition) is 3. The minimum Gasteiger partial charge on any atom is -0.490 e. The molecule has 0 amide bonds. The van der Waals surface area contributed by atoms with Gasteiger partial charge >= 0.3 is 0 Å². The number of benzene rings is 1. The molecule has 2 fully saturated rings. The highest BCUT2D eigenvalue weighted by molar-refractivity contribution is 5.99. The van der Waals surface area contributed by atoms with Crippen molar-refractivity contribution in [3.8, 4) is 5.75 Å². The van der Waals surface area contributed by atoms with Gasteiger partial charge in [-0.05, 0) is 55.9 Å². The summed E-state index contributed by atoms with van der Waals surface area (Å²) in [5.41, 5.74) is 0.732. The fraction of sp³-hybridized carbons (Fsp3) is 0.611. The maximum Gasteiger partial charge on any atom is 0.191 e. The van der Waals surface area contributed by atoms with E-state index in [2.05, 4.69) is 0 Å². The van der Waals surface area contributed by atoms with Gasteiger partial charge in [0.05, 0.1) is 6.10 Å². The number of hydrogen-bond donors (Lipinski definition) is 0. The molecule has 3 nitrogen and oxygen atoms in total. The summed E-state index contributed by atoms with van der Waals surface area (Å²) < 4.78 is 11.3. The van der Waals surface area contributed by atoms with Crippen molar-refractivity contribution >= 4 is 5.78 Å². The molecular formula is C18H24O3. The smallest absolute Gasteiger partial charge is 0.191 e. The minimum atomic E-state index is -0.291. The van der Waals surface area contributed by atoms with Crippen molar-refractivity contribution in [1.82, 2.24) is 0 Å². The zero-order chi connectivity index (χ0) is 14.7. The van der Waals surface area contributed by atoms with Gasteiger partial charge in [0.1, 0.15) is 11.9 Å². The molecule has 1 atom stereocenters. The van der Waals surface area contributed by atoms with Gasteiger partial charge in [0.15, 0.2) is 5.78 Å². The predicted octanol–water partition coefficient (Wildman–Crippen LogP) is 4.01. The van der Waals surface area contributed by atoms with Gasteiger partial charge in [0, 0.05) is 12.7 Å². The zero-order valence-corrected chi connectivity index (χ0v) is 12.7. The monoisotopic (exact) mass is 288 g/mol. The molecule has 0 aromatic heterocycles. The van der Waals surface area contributed by atoms with Crippen molar-refractivity contribution < 1.29 is 14.3 Å². The molecule has 0 radical (unpaired) electrons. The number of rotatable bonds is 6. The molecule has 2 saturated carbocycles. The van der Waals surface area contributed by atoms with Crippen LogP contribution in [-0.4, -0.2) is 25.1 Å². The first-order chi connectivity index (χ1) is 10.3. The van der Waals surface area contributed by atoms with Crippen LogP contribution in [0, 0.1) is 5.92 Å². The van der Waals surface area contributed by atoms with Gasteiger partial charge < -0.3 is 9.47 Å². The number of ether oxygens (including phenoxy) is 2. The van der Waals surface area contributed by atoms with E-state index >= 15 is 0 Å². The van der Waals surface area contributed by atoms with E-state index in [1.54, 1.807) is 7.11 Å². The van der Waals surface area contributed by atoms with Crippen molar-refractivity contribution in [2.75, 3.05) is 7.11 Å². The standard InChI is InChI=1S/C18H24O3/c1-20-18(14-5-3-2-4-6-14)17(19)13-7-9-15(10-8-13)21-16-11-12-16/h7-10,14,16,18H,2-6,11-12H2,1H3. The molecule has 0 spiro atoms. The van der Waals surface area contributed by atoms with Gasteiger partial charge in [0.25, 0.3) is 0 Å². The molecule has 0 saturated heterocycles. The Morgan fingerprint density at radius 1 is 1.05 bits per heavy atom. The van der Waals surface area contributed by atoms with Crippen LogP contribution in [0.1, 0.15) is 55.3 Å². The number of Topliss-reactive ketones (excluding diaryl/α,β-unsaturated/α-hetero) is 1. The summed E-state index contributed by atoms with van der Waals surface area (Å²) >= 11 is 0. The maximum absolute atomic E-state index is 12.7. The topological polar surface area (TPSA) is 35.5 Å². The molecule has 0 N–H and O–H groups in total. The lowest BCUT2D eigenvalue weighted by Crippen LogP contribution is -2.33. The van der Waals surface area contributed by atoms with E-state index in [-0.39, 0.29) is 11.9 Å². The highest BCUT2D eigenvalue weighted by atomic mass is 16.5. The zero-order valence-electron chi connectivity index (χ0n) is 12.7. The van der Waals surface area contributed by atoms with Crippen LogP contribution in [0.3, 0.4) is 0 Å². The molecule has 0 heterocycles. The van der Waals surface area contributed by atoms with E-state index in [1.807, 2.05) is 24.3 Å². The average molecular weight is 288 g/mol. The largest absolute Gasteiger partial charge is 0.490 e. The Balaban J connectivity index is 1.66. The van der Waals surface area contributed by atoms with Crippen LogP contribution in [-0.2, 0) is 4.74 Å². The molecule has 2 aliphatic rings. The van der Waals surface area contributed by atoms with Crippen molar-refractivity contribution in [2.45, 2.75) is 57.2 Å². The average Bonchev–Trinajstić information content (AvgIpc) is 3.34. The summed E-state index contributed by atoms with van der Waals surface area (Å²) in [4.78, 5) is 12.7. The van der Waals surface area contributed by atoms with E-state index in [1.165, 1.54) is 19.3 Å². The van der Waals surface area contributed by atoms with Crippen LogP contribution in [0.5, 0.6) is 5.75 Å². The third kappa shape index (κ3) is 3.65. The SMILES string of the molecule is COC(C(=O)c1ccc(OC2CC2)cc1)C1CCCCC1. The second kappa shape index (κ2) is 6.61. The summed E-state index contributed by atoms with van der Waals surface area (Å²) in [7, 11) is 1.65. The highest BCUT2D eigenvalue weighted by Gasteiger charge is 2.30. The van der Waals surface area contributed by atoms with E-state index < -0.39 is 0 Å². The summed E-state index contributed by atoms with van der Waals surface area (Å²) in [6.45, 7) is 0. The van der Waals surface area contributed by atoms with E-state index in [4.69, 9.17) is 9.47 Å². The lowest BCUT2D eigenvalue weighted by atomic mass is 9.82. The van der Waals surface area contributed by atoms with Crippen molar-refractivity contribution in [1.29, 1.82) is 0 Å². The maximum atomic E-state index is 12.7. The van der Waals surface area contributed by atoms with Gasteiger partial charge in [-0.15, -0.1) is 0 Å². The molecule has 3 heteroatoms. The molecular weight excluding hydrogens is 264 g/mol. The first kappa shape index (κ1) is 14.6. The summed E-state index contributed by atoms with van der Waals surface area (Å²) in [6.07, 6.45) is 8.32. The van der Waals surface area contributed by atoms with Gasteiger partial charge in [-0.1, -0.05) is 19.3 Å². The Morgan fingerprint density at radius 3 is 2.29 bits per heavy atom. The van der Waals surface area contributed by atoms with Crippen LogP contribution in [0.4, 0.5) is 0 Å². The van der Waals surface area contributed by atoms with Gasteiger partial charge in [0.2, 0.25) is 0 Å². The number of methoxy groups -OCH3 is 1. The molecule has 1 aromatic carbocycles. The van der Waals surface area contributed by atoms with Gasteiger partial charge in [-0.3, -0.25) is 4.79 Å². The Hall–Kier alpha value is -1.35. The molecule has 1 unspecified atom stereocenters. The second-order valence-corrected chi connectivity index (χ2v) is 6.26. The molecule has 3 rings (SSSR count). The predicted molar refractivity (Wildman–Crippen MR) is 81.8 cm³/mol. The Labute approximate surface area is 126 Å². The Kier molecular flexibility index (Phi) is 4.59. The number of carbonyl (C=O) groups is 1. The van der Waals surface area contributed by atoms with Crippen LogP contribution in [0.25, 0.3) is 0 Å². The van der Waals surface area contributed by atoms with Gasteiger partial charge in [-0.25, -0.2) is 0 Å². The molecule has 0 aliphatic heterocycles. The second-order valence-electron chi connectivity index (χ2n) is 6.26. The van der Waals surface area contributed by atoms with E-state index in [9.17, 15) is 4.79 Å². The quantitative estimate of drug-likeness (QED) is 0.742. The number of carbonyl (C=O) groups excluding carboxylic acids is 1. The van der Waals surface area contributed by atoms with E-state index in [0.29, 0.717) is 12.0 Å². The summed E-state index contributed by atoms with van der Waals surface area (Å²) in [6, 6.07) is 7.54. The van der Waals surface area contributed by atoms with Crippen LogP contribution < -0.4 is 4.74 Å². The Bertz CT molecular complexity index is 470. The van der Waals surface area contributed by atoms with Gasteiger partial charge in [-0.2, -0.15) is 0 Å². The highest BCUT2D eigenvalue weighted by Crippen LogP contribution is 2.30. The Morgan fingerprint density at radius 2 is 1.71 bits per heavy atom. The molecule has 0 bridgehead atoms. The normalized spacial score (nSPS) is 21.0. The summed E-state index contributed by atoms with van der Waals surface area (Å²) in [5, 5.41) is 0. The summed E-state index contributed by atoms with van der Waals surface area (Å²) in [5.74, 6) is 1.35. The van der Waals surface area contributed by atoms with Crippen molar-refractivity contribution in [3.05, 3.63) is 29.8 Å². The first-order valence-corrected chi connectivity index (χ1v) is 8.11. The van der Waals surface area contributed by atoms with Crippen molar-refractivity contribution in [3.63, 3.8) is 0 Å². The lowest BCUT2D eigenvalue weighted by molar-refractivity contribution is 0.0314. The van der Waals surface area contributed by atoms with Crippen LogP contribution in [0.15, 0.2) is 24.3 Å². The lowest BCUT2D eigenvalue weighted by Gasteiger charge is -2.28. The molecule has 114 valence electrons. The first-order valence-electron chi connectivity index (χ1n) is 8.11. The minimum absolute atomic E-state index is 0.113. The number of ketones is 1. The molecule has 1 aromatic rings. The molecule has 21 heavy (non-hydrogen) atoms. The fourth-order valence-electron chi connectivity index (χ4n) is 3.19. The van der Waals surface area contributed by atoms with E-state index in [0.717, 1.165) is 37.0 Å². The van der Waals surface area contributed by atoms with Crippen LogP contribution in [0.2, 0.25) is 0 Å².